The molecule has 0 aromatic carbocycles. The van der Waals surface area contributed by atoms with Crippen LogP contribution in [0.25, 0.3) is 0 Å². The van der Waals surface area contributed by atoms with Crippen molar-refractivity contribution in [1.82, 2.24) is 0 Å². The normalized spacial score (nSPS) is 15.9. The van der Waals surface area contributed by atoms with Gasteiger partial charge in [-0.05, 0) is 72.1 Å². The standard InChI is InChI=1S/C17H38O6Si3/c1-10-12-16(19)21-17(15(2)18)20-13-11-14-26(9,22-24(3,4)5)23-25(6,7)8/h10,12,15,17-18H,11,13-14H2,1-9H3. The lowest BCUT2D eigenvalue weighted by atomic mass is 10.4. The van der Waals surface area contributed by atoms with Gasteiger partial charge in [-0.1, -0.05) is 6.08 Å². The second-order valence-electron chi connectivity index (χ2n) is 8.58. The molecule has 0 saturated carbocycles. The molecule has 0 aromatic rings. The third-order valence-corrected chi connectivity index (χ3v) is 12.6. The van der Waals surface area contributed by atoms with Crippen LogP contribution in [0.15, 0.2) is 12.2 Å². The number of aliphatic hydroxyl groups excluding tert-OH is 1. The number of carbonyl (C=O) groups excluding carboxylic acids is 1. The highest BCUT2D eigenvalue weighted by molar-refractivity contribution is 6.87. The smallest absolute Gasteiger partial charge is 0.332 e. The van der Waals surface area contributed by atoms with Crippen LogP contribution in [-0.2, 0) is 22.5 Å². The number of esters is 1. The van der Waals surface area contributed by atoms with Gasteiger partial charge < -0.3 is 22.8 Å². The average molecular weight is 423 g/mol. The molecule has 0 spiro atoms. The lowest BCUT2D eigenvalue weighted by Gasteiger charge is -2.38. The summed E-state index contributed by atoms with van der Waals surface area (Å²) < 4.78 is 23.6. The van der Waals surface area contributed by atoms with Crippen molar-refractivity contribution in [3.63, 3.8) is 0 Å². The van der Waals surface area contributed by atoms with Crippen LogP contribution >= 0.6 is 0 Å². The molecule has 0 radical (unpaired) electrons. The first-order valence-corrected chi connectivity index (χ1v) is 18.5. The van der Waals surface area contributed by atoms with Crippen molar-refractivity contribution >= 4 is 31.2 Å². The summed E-state index contributed by atoms with van der Waals surface area (Å²) in [6.45, 7) is 18.8. The molecule has 9 heteroatoms. The molecule has 0 aliphatic rings. The highest BCUT2D eigenvalue weighted by atomic mass is 28.5. The van der Waals surface area contributed by atoms with E-state index in [2.05, 4.69) is 45.8 Å². The molecule has 154 valence electrons. The summed E-state index contributed by atoms with van der Waals surface area (Å²) >= 11 is 0. The van der Waals surface area contributed by atoms with Crippen molar-refractivity contribution < 1.29 is 27.6 Å². The number of allylic oxidation sites excluding steroid dienone is 1. The van der Waals surface area contributed by atoms with Gasteiger partial charge >= 0.3 is 14.5 Å². The van der Waals surface area contributed by atoms with E-state index in [0.29, 0.717) is 6.61 Å². The molecule has 6 nitrogen and oxygen atoms in total. The third-order valence-electron chi connectivity index (χ3n) is 3.03. The topological polar surface area (TPSA) is 74.2 Å². The maximum atomic E-state index is 11.5. The summed E-state index contributed by atoms with van der Waals surface area (Å²) in [7, 11) is -5.75. The van der Waals surface area contributed by atoms with E-state index in [0.717, 1.165) is 12.5 Å². The monoisotopic (exact) mass is 422 g/mol. The van der Waals surface area contributed by atoms with Crippen molar-refractivity contribution in [3.05, 3.63) is 12.2 Å². The van der Waals surface area contributed by atoms with Crippen LogP contribution in [0.1, 0.15) is 20.3 Å². The Morgan fingerprint density at radius 1 is 1.04 bits per heavy atom. The Morgan fingerprint density at radius 2 is 1.54 bits per heavy atom. The van der Waals surface area contributed by atoms with E-state index in [-0.39, 0.29) is 0 Å². The van der Waals surface area contributed by atoms with E-state index >= 15 is 0 Å². The van der Waals surface area contributed by atoms with Gasteiger partial charge in [-0.25, -0.2) is 4.79 Å². The SMILES string of the molecule is CC=CC(=O)OC(OCCC[Si](C)(O[Si](C)(C)C)O[Si](C)(C)C)C(C)O. The van der Waals surface area contributed by atoms with E-state index in [4.69, 9.17) is 17.7 Å². The minimum atomic E-state index is -2.30. The van der Waals surface area contributed by atoms with Gasteiger partial charge in [-0.2, -0.15) is 0 Å². The minimum Gasteiger partial charge on any atom is -0.437 e. The molecular formula is C17H38O6Si3. The van der Waals surface area contributed by atoms with E-state index in [1.807, 2.05) is 0 Å². The van der Waals surface area contributed by atoms with Crippen molar-refractivity contribution in [1.29, 1.82) is 0 Å². The summed E-state index contributed by atoms with van der Waals surface area (Å²) in [6, 6.07) is 0.802. The van der Waals surface area contributed by atoms with E-state index < -0.39 is 43.6 Å². The van der Waals surface area contributed by atoms with Crippen LogP contribution in [0.3, 0.4) is 0 Å². The van der Waals surface area contributed by atoms with Crippen LogP contribution in [0.2, 0.25) is 51.9 Å². The minimum absolute atomic E-state index is 0.366. The molecule has 0 heterocycles. The molecule has 0 fully saturated rings. The van der Waals surface area contributed by atoms with Crippen LogP contribution in [0.4, 0.5) is 0 Å². The Morgan fingerprint density at radius 3 is 1.92 bits per heavy atom. The Labute approximate surface area is 162 Å². The molecule has 0 aliphatic heterocycles. The predicted octanol–water partition coefficient (Wildman–Crippen LogP) is 3.99. The Hall–Kier alpha value is -0.299. The second kappa shape index (κ2) is 10.9. The largest absolute Gasteiger partial charge is 0.437 e. The molecule has 0 saturated heterocycles. The average Bonchev–Trinajstić information content (AvgIpc) is 2.37. The fraction of sp³-hybridized carbons (Fsp3) is 0.824. The maximum Gasteiger partial charge on any atom is 0.332 e. The maximum absolute atomic E-state index is 11.5. The molecule has 2 atom stereocenters. The molecule has 2 unspecified atom stereocenters. The van der Waals surface area contributed by atoms with Crippen LogP contribution < -0.4 is 0 Å². The van der Waals surface area contributed by atoms with Gasteiger partial charge in [0.2, 0.25) is 6.29 Å². The number of carbonyl (C=O) groups is 1. The first-order valence-electron chi connectivity index (χ1n) is 9.21. The van der Waals surface area contributed by atoms with E-state index in [1.54, 1.807) is 13.0 Å². The zero-order valence-corrected chi connectivity index (χ0v) is 20.9. The summed E-state index contributed by atoms with van der Waals surface area (Å²) in [6.07, 6.45) is 1.74. The fourth-order valence-corrected chi connectivity index (χ4v) is 15.1. The van der Waals surface area contributed by atoms with Gasteiger partial charge in [0.1, 0.15) is 6.10 Å². The molecule has 0 amide bonds. The summed E-state index contributed by atoms with van der Waals surface area (Å²) in [5.74, 6) is -0.526. The lowest BCUT2D eigenvalue weighted by molar-refractivity contribution is -0.195. The van der Waals surface area contributed by atoms with Crippen molar-refractivity contribution in [3.8, 4) is 0 Å². The summed E-state index contributed by atoms with van der Waals surface area (Å²) in [5, 5.41) is 9.74. The van der Waals surface area contributed by atoms with E-state index in [9.17, 15) is 9.90 Å². The van der Waals surface area contributed by atoms with Gasteiger partial charge in [0, 0.05) is 6.08 Å². The predicted molar refractivity (Wildman–Crippen MR) is 112 cm³/mol. The van der Waals surface area contributed by atoms with Gasteiger partial charge in [0.05, 0.1) is 6.61 Å². The van der Waals surface area contributed by atoms with Crippen LogP contribution in [0, 0.1) is 0 Å². The third kappa shape index (κ3) is 13.0. The molecule has 0 aliphatic carbocycles. The van der Waals surface area contributed by atoms with Crippen LogP contribution in [0.5, 0.6) is 0 Å². The number of rotatable bonds is 12. The molecule has 0 bridgehead atoms. The fourth-order valence-electron chi connectivity index (χ4n) is 2.57. The summed E-state index contributed by atoms with van der Waals surface area (Å²) in [4.78, 5) is 11.5. The zero-order valence-electron chi connectivity index (χ0n) is 17.9. The number of ether oxygens (including phenoxy) is 2. The molecule has 0 aromatic heterocycles. The van der Waals surface area contributed by atoms with Gasteiger partial charge in [-0.3, -0.25) is 0 Å². The Balaban J connectivity index is 4.70. The molecule has 0 rings (SSSR count). The van der Waals surface area contributed by atoms with Crippen molar-refractivity contribution in [2.24, 2.45) is 0 Å². The van der Waals surface area contributed by atoms with E-state index in [1.165, 1.54) is 13.0 Å². The molecule has 26 heavy (non-hydrogen) atoms. The molecule has 1 N–H and O–H groups in total. The number of hydrogen-bond donors (Lipinski definition) is 1. The van der Waals surface area contributed by atoms with Crippen LogP contribution in [-0.4, -0.2) is 55.3 Å². The van der Waals surface area contributed by atoms with Crippen molar-refractivity contribution in [2.45, 2.75) is 84.5 Å². The highest BCUT2D eigenvalue weighted by Gasteiger charge is 2.39. The van der Waals surface area contributed by atoms with Gasteiger partial charge in [0.15, 0.2) is 16.6 Å². The number of aliphatic hydroxyl groups is 1. The van der Waals surface area contributed by atoms with Crippen molar-refractivity contribution in [2.75, 3.05) is 6.61 Å². The number of hydrogen-bond acceptors (Lipinski definition) is 6. The summed E-state index contributed by atoms with van der Waals surface area (Å²) in [5.41, 5.74) is 0. The van der Waals surface area contributed by atoms with Gasteiger partial charge in [-0.15, -0.1) is 0 Å². The Kier molecular flexibility index (Phi) is 10.8. The van der Waals surface area contributed by atoms with Gasteiger partial charge in [0.25, 0.3) is 0 Å². The Bertz CT molecular complexity index is 438. The second-order valence-corrected chi connectivity index (χ2v) is 21.4. The quantitative estimate of drug-likeness (QED) is 0.168. The molecular weight excluding hydrogens is 384 g/mol. The first kappa shape index (κ1) is 25.7. The highest BCUT2D eigenvalue weighted by Crippen LogP contribution is 2.25. The lowest BCUT2D eigenvalue weighted by Crippen LogP contribution is -2.52. The first-order chi connectivity index (χ1) is 11.7. The zero-order chi connectivity index (χ0) is 20.6.